The van der Waals surface area contributed by atoms with Gasteiger partial charge in [-0.3, -0.25) is 14.8 Å². The van der Waals surface area contributed by atoms with E-state index in [2.05, 4.69) is 25.6 Å². The minimum Gasteiger partial charge on any atom is -0.263 e. The third kappa shape index (κ3) is 3.69. The number of non-ortho nitro benzene ring substituents is 1. The molecule has 0 amide bonds. The molecule has 0 bridgehead atoms. The monoisotopic (exact) mass is 391 g/mol. The molecule has 0 saturated carbocycles. The van der Waals surface area contributed by atoms with Crippen LogP contribution in [0.15, 0.2) is 45.8 Å². The van der Waals surface area contributed by atoms with Gasteiger partial charge in [0.05, 0.1) is 4.92 Å². The van der Waals surface area contributed by atoms with Crippen molar-refractivity contribution in [3.05, 3.63) is 56.1 Å². The van der Waals surface area contributed by atoms with Gasteiger partial charge in [-0.05, 0) is 34.1 Å². The molecule has 0 aliphatic carbocycles. The van der Waals surface area contributed by atoms with Crippen LogP contribution in [0.4, 0.5) is 11.5 Å². The number of hydrogen-bond acceptors (Lipinski definition) is 5. The Hall–Kier alpha value is -1.71. The molecule has 1 N–H and O–H groups in total. The molecule has 0 aliphatic rings. The van der Waals surface area contributed by atoms with Crippen molar-refractivity contribution >= 4 is 49.1 Å². The van der Waals surface area contributed by atoms with Crippen LogP contribution in [0.1, 0.15) is 0 Å². The van der Waals surface area contributed by atoms with Gasteiger partial charge in [0.15, 0.2) is 0 Å². The summed E-state index contributed by atoms with van der Waals surface area (Å²) < 4.78 is 26.8. The summed E-state index contributed by atoms with van der Waals surface area (Å²) in [6.45, 7) is 0. The lowest BCUT2D eigenvalue weighted by Gasteiger charge is -2.09. The number of nitro groups is 1. The number of benzene rings is 1. The Morgan fingerprint density at radius 3 is 2.57 bits per heavy atom. The van der Waals surface area contributed by atoms with Crippen LogP contribution in [0, 0.1) is 10.1 Å². The highest BCUT2D eigenvalue weighted by Gasteiger charge is 2.20. The van der Waals surface area contributed by atoms with Crippen molar-refractivity contribution in [1.29, 1.82) is 0 Å². The van der Waals surface area contributed by atoms with Crippen LogP contribution in [0.2, 0.25) is 5.15 Å². The second-order valence-corrected chi connectivity index (χ2v) is 6.72. The second kappa shape index (κ2) is 5.96. The van der Waals surface area contributed by atoms with Crippen LogP contribution in [0.3, 0.4) is 0 Å². The predicted molar refractivity (Wildman–Crippen MR) is 80.9 cm³/mol. The molecule has 1 heterocycles. The molecule has 0 fully saturated rings. The number of pyridine rings is 1. The number of nitrogens with zero attached hydrogens (tertiary/aromatic N) is 2. The molecule has 10 heteroatoms. The van der Waals surface area contributed by atoms with Gasteiger partial charge in [0, 0.05) is 16.6 Å². The quantitative estimate of drug-likeness (QED) is 0.489. The number of aromatic nitrogens is 1. The van der Waals surface area contributed by atoms with Gasteiger partial charge in [-0.2, -0.15) is 0 Å². The molecule has 2 aromatic rings. The van der Waals surface area contributed by atoms with Gasteiger partial charge in [0.25, 0.3) is 15.7 Å². The number of hydrogen-bond donors (Lipinski definition) is 1. The molecular formula is C11H7BrClN3O4S. The van der Waals surface area contributed by atoms with E-state index in [4.69, 9.17) is 11.6 Å². The van der Waals surface area contributed by atoms with Gasteiger partial charge in [-0.25, -0.2) is 13.4 Å². The zero-order valence-electron chi connectivity index (χ0n) is 10.2. The van der Waals surface area contributed by atoms with Crippen molar-refractivity contribution in [3.8, 4) is 0 Å². The first-order chi connectivity index (χ1) is 9.79. The topological polar surface area (TPSA) is 102 Å². The fourth-order valence-electron chi connectivity index (χ4n) is 1.48. The fraction of sp³-hybridized carbons (Fsp3) is 0. The summed E-state index contributed by atoms with van der Waals surface area (Å²) in [4.78, 5) is 13.7. The number of nitrogens with one attached hydrogen (secondary N) is 1. The SMILES string of the molecule is O=[N+]([O-])c1ccc(S(=O)(=O)Nc2cccc(Cl)n2)c(Br)c1. The smallest absolute Gasteiger partial charge is 0.263 e. The standard InChI is InChI=1S/C11H7BrClN3O4S/c12-8-6-7(16(17)18)4-5-9(8)21(19,20)15-11-3-1-2-10(13)14-11/h1-6H,(H,14,15). The fourth-order valence-corrected chi connectivity index (χ4v) is 3.71. The first kappa shape index (κ1) is 15.7. The van der Waals surface area contributed by atoms with Gasteiger partial charge < -0.3 is 0 Å². The first-order valence-electron chi connectivity index (χ1n) is 5.39. The molecule has 0 saturated heterocycles. The van der Waals surface area contributed by atoms with Crippen molar-refractivity contribution < 1.29 is 13.3 Å². The van der Waals surface area contributed by atoms with Gasteiger partial charge in [-0.15, -0.1) is 0 Å². The summed E-state index contributed by atoms with van der Waals surface area (Å²) in [6.07, 6.45) is 0. The van der Waals surface area contributed by atoms with E-state index in [-0.39, 0.29) is 26.0 Å². The van der Waals surface area contributed by atoms with Crippen molar-refractivity contribution in [2.45, 2.75) is 4.90 Å². The van der Waals surface area contributed by atoms with Crippen LogP contribution < -0.4 is 4.72 Å². The summed E-state index contributed by atoms with van der Waals surface area (Å²) >= 11 is 8.69. The van der Waals surface area contributed by atoms with E-state index in [9.17, 15) is 18.5 Å². The van der Waals surface area contributed by atoms with Gasteiger partial charge >= 0.3 is 0 Å². The Bertz CT molecular complexity index is 813. The molecule has 0 aliphatic heterocycles. The molecule has 110 valence electrons. The Balaban J connectivity index is 2.38. The number of halogens is 2. The molecule has 0 atom stereocenters. The summed E-state index contributed by atoms with van der Waals surface area (Å²) in [7, 11) is -3.94. The van der Waals surface area contributed by atoms with Gasteiger partial charge in [0.1, 0.15) is 15.9 Å². The Morgan fingerprint density at radius 1 is 1.29 bits per heavy atom. The Kier molecular flexibility index (Phi) is 4.45. The maximum atomic E-state index is 12.2. The molecule has 7 nitrogen and oxygen atoms in total. The third-order valence-corrected chi connectivity index (χ3v) is 4.91. The number of anilines is 1. The van der Waals surface area contributed by atoms with Crippen molar-refractivity contribution in [3.63, 3.8) is 0 Å². The summed E-state index contributed by atoms with van der Waals surface area (Å²) in [6, 6.07) is 7.82. The maximum absolute atomic E-state index is 12.2. The number of nitro benzene ring substituents is 1. The highest BCUT2D eigenvalue weighted by Crippen LogP contribution is 2.27. The van der Waals surface area contributed by atoms with E-state index in [1.807, 2.05) is 0 Å². The normalized spacial score (nSPS) is 11.1. The van der Waals surface area contributed by atoms with Crippen LogP contribution in [0.5, 0.6) is 0 Å². The first-order valence-corrected chi connectivity index (χ1v) is 8.04. The average molecular weight is 393 g/mol. The molecule has 0 radical (unpaired) electrons. The lowest BCUT2D eigenvalue weighted by molar-refractivity contribution is -0.385. The van der Waals surface area contributed by atoms with E-state index in [1.165, 1.54) is 18.2 Å². The minimum atomic E-state index is -3.94. The van der Waals surface area contributed by atoms with Crippen LogP contribution >= 0.6 is 27.5 Å². The summed E-state index contributed by atoms with van der Waals surface area (Å²) in [5.74, 6) is 0.0488. The van der Waals surface area contributed by atoms with Crippen LogP contribution in [-0.2, 0) is 10.0 Å². The van der Waals surface area contributed by atoms with Crippen molar-refractivity contribution in [2.75, 3.05) is 4.72 Å². The molecular weight excluding hydrogens is 386 g/mol. The highest BCUT2D eigenvalue weighted by molar-refractivity contribution is 9.10. The minimum absolute atomic E-state index is 0.0488. The van der Waals surface area contributed by atoms with E-state index < -0.39 is 14.9 Å². The third-order valence-electron chi connectivity index (χ3n) is 2.37. The molecule has 0 spiro atoms. The Labute approximate surface area is 133 Å². The summed E-state index contributed by atoms with van der Waals surface area (Å²) in [5, 5.41) is 10.8. The Morgan fingerprint density at radius 2 is 2.00 bits per heavy atom. The van der Waals surface area contributed by atoms with E-state index in [0.29, 0.717) is 0 Å². The van der Waals surface area contributed by atoms with Crippen molar-refractivity contribution in [1.82, 2.24) is 4.98 Å². The zero-order chi connectivity index (χ0) is 15.6. The molecule has 1 aromatic carbocycles. The molecule has 0 unspecified atom stereocenters. The van der Waals surface area contributed by atoms with Crippen LogP contribution in [0.25, 0.3) is 0 Å². The zero-order valence-corrected chi connectivity index (χ0v) is 13.3. The van der Waals surface area contributed by atoms with E-state index in [1.54, 1.807) is 0 Å². The van der Waals surface area contributed by atoms with E-state index in [0.717, 1.165) is 18.2 Å². The average Bonchev–Trinajstić information content (AvgIpc) is 2.37. The van der Waals surface area contributed by atoms with Gasteiger partial charge in [0.2, 0.25) is 0 Å². The lowest BCUT2D eigenvalue weighted by atomic mass is 10.3. The highest BCUT2D eigenvalue weighted by atomic mass is 79.9. The lowest BCUT2D eigenvalue weighted by Crippen LogP contribution is -2.14. The number of sulfonamides is 1. The molecule has 1 aromatic heterocycles. The summed E-state index contributed by atoms with van der Waals surface area (Å²) in [5.41, 5.74) is -0.221. The molecule has 21 heavy (non-hydrogen) atoms. The predicted octanol–water partition coefficient (Wildman–Crippen LogP) is 3.21. The van der Waals surface area contributed by atoms with E-state index >= 15 is 0 Å². The molecule has 2 rings (SSSR count). The number of rotatable bonds is 4. The largest absolute Gasteiger partial charge is 0.270 e. The van der Waals surface area contributed by atoms with Gasteiger partial charge in [-0.1, -0.05) is 17.7 Å². The van der Waals surface area contributed by atoms with Crippen LogP contribution in [-0.4, -0.2) is 18.3 Å². The second-order valence-electron chi connectivity index (χ2n) is 3.82. The maximum Gasteiger partial charge on any atom is 0.270 e. The van der Waals surface area contributed by atoms with Crippen molar-refractivity contribution in [2.24, 2.45) is 0 Å².